The zero-order valence-corrected chi connectivity index (χ0v) is 11.6. The van der Waals surface area contributed by atoms with Gasteiger partial charge in [0.1, 0.15) is 0 Å². The zero-order chi connectivity index (χ0) is 14.0. The molecule has 0 aliphatic rings. The zero-order valence-electron chi connectivity index (χ0n) is 11.6. The van der Waals surface area contributed by atoms with Gasteiger partial charge in [0.25, 0.3) is 0 Å². The van der Waals surface area contributed by atoms with E-state index < -0.39 is 0 Å². The largest absolute Gasteiger partial charge is 0.396 e. The minimum Gasteiger partial charge on any atom is -0.396 e. The molecule has 20 heavy (non-hydrogen) atoms. The van der Waals surface area contributed by atoms with Gasteiger partial charge in [-0.1, -0.05) is 72.8 Å². The Morgan fingerprint density at radius 1 is 0.950 bits per heavy atom. The topological polar surface area (TPSA) is 32.3 Å². The van der Waals surface area contributed by atoms with E-state index in [2.05, 4.69) is 41.7 Å². The highest BCUT2D eigenvalue weighted by molar-refractivity contribution is 5.49. The van der Waals surface area contributed by atoms with E-state index in [9.17, 15) is 0 Å². The van der Waals surface area contributed by atoms with Crippen molar-refractivity contribution in [2.45, 2.75) is 19.0 Å². The van der Waals surface area contributed by atoms with E-state index in [1.807, 2.05) is 36.4 Å². The quantitative estimate of drug-likeness (QED) is 0.807. The highest BCUT2D eigenvalue weighted by atomic mass is 16.3. The van der Waals surface area contributed by atoms with Crippen LogP contribution in [0.3, 0.4) is 0 Å². The van der Waals surface area contributed by atoms with Crippen molar-refractivity contribution in [2.75, 3.05) is 6.61 Å². The van der Waals surface area contributed by atoms with Crippen molar-refractivity contribution in [3.8, 4) is 0 Å². The van der Waals surface area contributed by atoms with Gasteiger partial charge in [-0.15, -0.1) is 0 Å². The van der Waals surface area contributed by atoms with Crippen LogP contribution >= 0.6 is 0 Å². The molecule has 2 heteroatoms. The van der Waals surface area contributed by atoms with Crippen LogP contribution in [0.15, 0.2) is 66.7 Å². The molecule has 2 nitrogen and oxygen atoms in total. The van der Waals surface area contributed by atoms with Gasteiger partial charge >= 0.3 is 0 Å². The molecule has 0 amide bonds. The first-order valence-corrected chi connectivity index (χ1v) is 7.00. The van der Waals surface area contributed by atoms with Crippen LogP contribution in [0.25, 0.3) is 6.08 Å². The normalized spacial score (nSPS) is 12.7. The van der Waals surface area contributed by atoms with Gasteiger partial charge < -0.3 is 10.4 Å². The third kappa shape index (κ3) is 5.00. The maximum Gasteiger partial charge on any atom is 0.0448 e. The molecule has 0 saturated heterocycles. The molecule has 104 valence electrons. The molecular formula is C18H21NO. The van der Waals surface area contributed by atoms with Gasteiger partial charge in [-0.25, -0.2) is 0 Å². The van der Waals surface area contributed by atoms with E-state index in [1.54, 1.807) is 0 Å². The van der Waals surface area contributed by atoms with Gasteiger partial charge in [0.05, 0.1) is 0 Å². The first kappa shape index (κ1) is 14.5. The molecule has 0 saturated carbocycles. The molecule has 0 spiro atoms. The predicted octanol–water partition coefficient (Wildman–Crippen LogP) is 3.24. The van der Waals surface area contributed by atoms with E-state index in [-0.39, 0.29) is 12.6 Å². The second-order valence-electron chi connectivity index (χ2n) is 4.76. The van der Waals surface area contributed by atoms with Gasteiger partial charge in [0.15, 0.2) is 0 Å². The lowest BCUT2D eigenvalue weighted by atomic mass is 10.1. The standard InChI is InChI=1S/C18H21NO/c20-14-13-18(12-11-16-7-3-1-4-8-16)19-15-17-9-5-2-6-10-17/h1-12,18-20H,13-15H2/b12-11+/t18-/m0/s1. The van der Waals surface area contributed by atoms with Crippen molar-refractivity contribution in [3.63, 3.8) is 0 Å². The monoisotopic (exact) mass is 267 g/mol. The Balaban J connectivity index is 1.92. The minimum atomic E-state index is 0.181. The lowest BCUT2D eigenvalue weighted by molar-refractivity contribution is 0.274. The molecule has 0 radical (unpaired) electrons. The van der Waals surface area contributed by atoms with Crippen LogP contribution in [0.4, 0.5) is 0 Å². The summed E-state index contributed by atoms with van der Waals surface area (Å²) in [6.07, 6.45) is 4.93. The summed E-state index contributed by atoms with van der Waals surface area (Å²) in [5, 5.41) is 12.6. The van der Waals surface area contributed by atoms with Crippen molar-refractivity contribution in [3.05, 3.63) is 77.9 Å². The first-order chi connectivity index (χ1) is 9.88. The molecule has 1 atom stereocenters. The molecule has 0 bridgehead atoms. The minimum absolute atomic E-state index is 0.181. The van der Waals surface area contributed by atoms with Crippen LogP contribution in [-0.2, 0) is 6.54 Å². The maximum absolute atomic E-state index is 9.16. The summed E-state index contributed by atoms with van der Waals surface area (Å²) in [7, 11) is 0. The van der Waals surface area contributed by atoms with Crippen molar-refractivity contribution in [1.29, 1.82) is 0 Å². The Bertz CT molecular complexity index is 507. The third-order valence-corrected chi connectivity index (χ3v) is 3.17. The van der Waals surface area contributed by atoms with Crippen LogP contribution in [-0.4, -0.2) is 17.8 Å². The van der Waals surface area contributed by atoms with E-state index >= 15 is 0 Å². The molecule has 2 N–H and O–H groups in total. The average molecular weight is 267 g/mol. The van der Waals surface area contributed by atoms with Crippen molar-refractivity contribution < 1.29 is 5.11 Å². The Hall–Kier alpha value is -1.90. The molecule has 0 unspecified atom stereocenters. The highest BCUT2D eigenvalue weighted by Gasteiger charge is 2.03. The van der Waals surface area contributed by atoms with Gasteiger partial charge in [-0.05, 0) is 17.5 Å². The number of rotatable bonds is 7. The fourth-order valence-electron chi connectivity index (χ4n) is 2.04. The van der Waals surface area contributed by atoms with Crippen LogP contribution in [0.2, 0.25) is 0 Å². The number of aliphatic hydroxyl groups is 1. The lowest BCUT2D eigenvalue weighted by Crippen LogP contribution is -2.27. The first-order valence-electron chi connectivity index (χ1n) is 7.00. The molecule has 2 aromatic rings. The summed E-state index contributed by atoms with van der Waals surface area (Å²) in [5.74, 6) is 0. The summed E-state index contributed by atoms with van der Waals surface area (Å²) in [6, 6.07) is 20.7. The number of nitrogens with one attached hydrogen (secondary N) is 1. The van der Waals surface area contributed by atoms with Crippen molar-refractivity contribution >= 4 is 6.08 Å². The number of benzene rings is 2. The fraction of sp³-hybridized carbons (Fsp3) is 0.222. The number of hydrogen-bond acceptors (Lipinski definition) is 2. The second kappa shape index (κ2) is 8.31. The molecular weight excluding hydrogens is 246 g/mol. The van der Waals surface area contributed by atoms with Crippen molar-refractivity contribution in [1.82, 2.24) is 5.32 Å². The van der Waals surface area contributed by atoms with Crippen LogP contribution in [0, 0.1) is 0 Å². The molecule has 2 rings (SSSR count). The molecule has 0 aromatic heterocycles. The SMILES string of the molecule is OCC[C@H](/C=C/c1ccccc1)NCc1ccccc1. The Morgan fingerprint density at radius 2 is 1.60 bits per heavy atom. The second-order valence-corrected chi connectivity index (χ2v) is 4.76. The lowest BCUT2D eigenvalue weighted by Gasteiger charge is -2.14. The summed E-state index contributed by atoms with van der Waals surface area (Å²) < 4.78 is 0. The third-order valence-electron chi connectivity index (χ3n) is 3.17. The van der Waals surface area contributed by atoms with Crippen LogP contribution < -0.4 is 5.32 Å². The van der Waals surface area contributed by atoms with Gasteiger partial charge in [0, 0.05) is 19.2 Å². The Morgan fingerprint density at radius 3 is 2.25 bits per heavy atom. The predicted molar refractivity (Wildman–Crippen MR) is 84.2 cm³/mol. The van der Waals surface area contributed by atoms with Gasteiger partial charge in [-0.2, -0.15) is 0 Å². The van der Waals surface area contributed by atoms with Crippen molar-refractivity contribution in [2.24, 2.45) is 0 Å². The molecule has 0 aliphatic heterocycles. The van der Waals surface area contributed by atoms with E-state index in [1.165, 1.54) is 11.1 Å². The van der Waals surface area contributed by atoms with Gasteiger partial charge in [-0.3, -0.25) is 0 Å². The maximum atomic E-state index is 9.16. The Labute approximate surface area is 120 Å². The summed E-state index contributed by atoms with van der Waals surface area (Å²) >= 11 is 0. The molecule has 0 heterocycles. The summed E-state index contributed by atoms with van der Waals surface area (Å²) in [6.45, 7) is 0.996. The smallest absolute Gasteiger partial charge is 0.0448 e. The summed E-state index contributed by atoms with van der Waals surface area (Å²) in [5.41, 5.74) is 2.43. The highest BCUT2D eigenvalue weighted by Crippen LogP contribution is 2.05. The van der Waals surface area contributed by atoms with E-state index in [4.69, 9.17) is 5.11 Å². The fourth-order valence-corrected chi connectivity index (χ4v) is 2.04. The van der Waals surface area contributed by atoms with Crippen LogP contribution in [0.5, 0.6) is 0 Å². The number of aliphatic hydroxyl groups excluding tert-OH is 1. The number of hydrogen-bond donors (Lipinski definition) is 2. The molecule has 0 aliphatic carbocycles. The molecule has 0 fully saturated rings. The Kier molecular flexibility index (Phi) is 6.03. The van der Waals surface area contributed by atoms with Crippen LogP contribution in [0.1, 0.15) is 17.5 Å². The average Bonchev–Trinajstić information content (AvgIpc) is 2.52. The molecule has 2 aromatic carbocycles. The van der Waals surface area contributed by atoms with Gasteiger partial charge in [0.2, 0.25) is 0 Å². The van der Waals surface area contributed by atoms with E-state index in [0.717, 1.165) is 13.0 Å². The van der Waals surface area contributed by atoms with E-state index in [0.29, 0.717) is 0 Å². The summed E-state index contributed by atoms with van der Waals surface area (Å²) in [4.78, 5) is 0.